The van der Waals surface area contributed by atoms with E-state index in [9.17, 15) is 0 Å². The van der Waals surface area contributed by atoms with Crippen molar-refractivity contribution in [2.24, 2.45) is 0 Å². The molecule has 5 heteroatoms. The molecule has 2 aromatic carbocycles. The Kier molecular flexibility index (Phi) is 3.06. The molecule has 0 aliphatic carbocycles. The lowest BCUT2D eigenvalue weighted by Crippen LogP contribution is -2.00. The molecule has 3 aromatic rings. The Morgan fingerprint density at radius 1 is 1.17 bits per heavy atom. The number of alkyl halides is 1. The summed E-state index contributed by atoms with van der Waals surface area (Å²) in [4.78, 5) is 0. The summed E-state index contributed by atoms with van der Waals surface area (Å²) in [7, 11) is 0. The number of rotatable bonds is 2. The van der Waals surface area contributed by atoms with Gasteiger partial charge in [0, 0.05) is 10.4 Å². The van der Waals surface area contributed by atoms with Crippen molar-refractivity contribution in [3.05, 3.63) is 52.5 Å². The van der Waals surface area contributed by atoms with E-state index in [1.54, 1.807) is 0 Å². The fraction of sp³-hybridized carbons (Fsp3) is 0.0769. The third kappa shape index (κ3) is 1.91. The van der Waals surface area contributed by atoms with Crippen LogP contribution in [0, 0.1) is 0 Å². The van der Waals surface area contributed by atoms with Crippen LogP contribution in [0.1, 0.15) is 5.56 Å². The van der Waals surface area contributed by atoms with E-state index in [1.807, 2.05) is 47.1 Å². The van der Waals surface area contributed by atoms with Gasteiger partial charge in [0.25, 0.3) is 0 Å². The van der Waals surface area contributed by atoms with Crippen LogP contribution in [0.2, 0.25) is 0 Å². The molecule has 0 spiro atoms. The number of nitrogens with zero attached hydrogens (tertiary/aromatic N) is 3. The Morgan fingerprint density at radius 2 is 2.00 bits per heavy atom. The van der Waals surface area contributed by atoms with Crippen molar-refractivity contribution in [1.29, 1.82) is 0 Å². The van der Waals surface area contributed by atoms with Crippen LogP contribution >= 0.6 is 27.5 Å². The minimum Gasteiger partial charge on any atom is -0.213 e. The Hall–Kier alpha value is -1.39. The van der Waals surface area contributed by atoms with Crippen molar-refractivity contribution < 1.29 is 0 Å². The summed E-state index contributed by atoms with van der Waals surface area (Å²) in [5, 5.41) is 8.35. The topological polar surface area (TPSA) is 30.7 Å². The molecule has 0 bridgehead atoms. The molecule has 18 heavy (non-hydrogen) atoms. The number of halogens is 2. The average molecular weight is 323 g/mol. The van der Waals surface area contributed by atoms with Gasteiger partial charge in [-0.2, -0.15) is 0 Å². The molecule has 0 amide bonds. The van der Waals surface area contributed by atoms with E-state index in [-0.39, 0.29) is 0 Å². The molecule has 90 valence electrons. The second-order valence-electron chi connectivity index (χ2n) is 3.90. The molecule has 3 rings (SSSR count). The van der Waals surface area contributed by atoms with Gasteiger partial charge in [0.05, 0.1) is 11.2 Å². The van der Waals surface area contributed by atoms with Gasteiger partial charge in [0.15, 0.2) is 0 Å². The van der Waals surface area contributed by atoms with Crippen LogP contribution in [0.25, 0.3) is 16.7 Å². The summed E-state index contributed by atoms with van der Waals surface area (Å²) >= 11 is 9.44. The van der Waals surface area contributed by atoms with E-state index >= 15 is 0 Å². The SMILES string of the molecule is ClCc1cc(Br)ccc1-n1nnc2ccccc21. The molecule has 0 saturated heterocycles. The molecule has 0 radical (unpaired) electrons. The van der Waals surface area contributed by atoms with E-state index in [4.69, 9.17) is 11.6 Å². The van der Waals surface area contributed by atoms with E-state index in [2.05, 4.69) is 26.2 Å². The molecular weight excluding hydrogens is 314 g/mol. The number of benzene rings is 2. The first kappa shape index (κ1) is 11.7. The third-order valence-electron chi connectivity index (χ3n) is 2.77. The van der Waals surface area contributed by atoms with Gasteiger partial charge >= 0.3 is 0 Å². The minimum absolute atomic E-state index is 0.433. The van der Waals surface area contributed by atoms with Crippen molar-refractivity contribution >= 4 is 38.6 Å². The summed E-state index contributed by atoms with van der Waals surface area (Å²) in [6.45, 7) is 0. The fourth-order valence-electron chi connectivity index (χ4n) is 1.91. The zero-order valence-corrected chi connectivity index (χ0v) is 11.7. The van der Waals surface area contributed by atoms with Crippen LogP contribution in [0.5, 0.6) is 0 Å². The van der Waals surface area contributed by atoms with E-state index < -0.39 is 0 Å². The van der Waals surface area contributed by atoms with Crippen LogP contribution in [0.15, 0.2) is 46.9 Å². The standard InChI is InChI=1S/C13H9BrClN3/c14-10-5-6-12(9(7-10)8-15)18-13-4-2-1-3-11(13)16-17-18/h1-7H,8H2. The first-order chi connectivity index (χ1) is 8.79. The molecule has 3 nitrogen and oxygen atoms in total. The Bertz CT molecular complexity index is 708. The van der Waals surface area contributed by atoms with Crippen molar-refractivity contribution in [3.8, 4) is 5.69 Å². The molecule has 0 aliphatic heterocycles. The Labute approximate surface area is 118 Å². The van der Waals surface area contributed by atoms with Gasteiger partial charge in [-0.25, -0.2) is 4.68 Å². The minimum atomic E-state index is 0.433. The quantitative estimate of drug-likeness (QED) is 0.669. The summed E-state index contributed by atoms with van der Waals surface area (Å²) in [5.74, 6) is 0.433. The maximum absolute atomic E-state index is 5.99. The smallest absolute Gasteiger partial charge is 0.113 e. The molecule has 0 unspecified atom stereocenters. The number of para-hydroxylation sites is 1. The van der Waals surface area contributed by atoms with Crippen LogP contribution in [-0.4, -0.2) is 15.0 Å². The maximum Gasteiger partial charge on any atom is 0.113 e. The number of hydrogen-bond acceptors (Lipinski definition) is 2. The zero-order valence-electron chi connectivity index (χ0n) is 9.35. The predicted octanol–water partition coefficient (Wildman–Crippen LogP) is 3.92. The van der Waals surface area contributed by atoms with Gasteiger partial charge in [-0.05, 0) is 35.9 Å². The normalized spacial score (nSPS) is 11.0. The van der Waals surface area contributed by atoms with E-state index in [1.165, 1.54) is 0 Å². The summed E-state index contributed by atoms with van der Waals surface area (Å²) in [6.07, 6.45) is 0. The predicted molar refractivity (Wildman–Crippen MR) is 76.1 cm³/mol. The van der Waals surface area contributed by atoms with Crippen LogP contribution in [0.3, 0.4) is 0 Å². The molecule has 0 aliphatic rings. The molecule has 0 fully saturated rings. The summed E-state index contributed by atoms with van der Waals surface area (Å²) in [6, 6.07) is 13.8. The second-order valence-corrected chi connectivity index (χ2v) is 5.08. The Balaban J connectivity index is 2.26. The van der Waals surface area contributed by atoms with Crippen molar-refractivity contribution in [2.75, 3.05) is 0 Å². The lowest BCUT2D eigenvalue weighted by Gasteiger charge is -2.08. The molecule has 0 saturated carbocycles. The van der Waals surface area contributed by atoms with Crippen molar-refractivity contribution in [1.82, 2.24) is 15.0 Å². The van der Waals surface area contributed by atoms with Gasteiger partial charge in [-0.15, -0.1) is 16.7 Å². The van der Waals surface area contributed by atoms with E-state index in [0.717, 1.165) is 26.8 Å². The zero-order chi connectivity index (χ0) is 12.5. The third-order valence-corrected chi connectivity index (χ3v) is 3.55. The van der Waals surface area contributed by atoms with Crippen LogP contribution in [-0.2, 0) is 5.88 Å². The first-order valence-corrected chi connectivity index (χ1v) is 6.77. The maximum atomic E-state index is 5.99. The fourth-order valence-corrected chi connectivity index (χ4v) is 2.54. The number of hydrogen-bond donors (Lipinski definition) is 0. The average Bonchev–Trinajstić information content (AvgIpc) is 2.82. The molecule has 0 atom stereocenters. The van der Waals surface area contributed by atoms with Gasteiger partial charge < -0.3 is 0 Å². The summed E-state index contributed by atoms with van der Waals surface area (Å²) in [5.41, 5.74) is 3.83. The van der Waals surface area contributed by atoms with Crippen molar-refractivity contribution in [2.45, 2.75) is 5.88 Å². The first-order valence-electron chi connectivity index (χ1n) is 5.45. The highest BCUT2D eigenvalue weighted by molar-refractivity contribution is 9.10. The highest BCUT2D eigenvalue weighted by Crippen LogP contribution is 2.24. The van der Waals surface area contributed by atoms with Crippen LogP contribution < -0.4 is 0 Å². The van der Waals surface area contributed by atoms with Crippen LogP contribution in [0.4, 0.5) is 0 Å². The van der Waals surface area contributed by atoms with E-state index in [0.29, 0.717) is 5.88 Å². The van der Waals surface area contributed by atoms with Gasteiger partial charge in [0.2, 0.25) is 0 Å². The number of aromatic nitrogens is 3. The van der Waals surface area contributed by atoms with Gasteiger partial charge in [-0.1, -0.05) is 33.3 Å². The lowest BCUT2D eigenvalue weighted by molar-refractivity contribution is 0.818. The highest BCUT2D eigenvalue weighted by Gasteiger charge is 2.09. The van der Waals surface area contributed by atoms with Crippen molar-refractivity contribution in [3.63, 3.8) is 0 Å². The van der Waals surface area contributed by atoms with Gasteiger partial charge in [-0.3, -0.25) is 0 Å². The largest absolute Gasteiger partial charge is 0.213 e. The molecule has 1 aromatic heterocycles. The monoisotopic (exact) mass is 321 g/mol. The van der Waals surface area contributed by atoms with Gasteiger partial charge in [0.1, 0.15) is 5.52 Å². The Morgan fingerprint density at radius 3 is 2.83 bits per heavy atom. The molecule has 0 N–H and O–H groups in total. The molecule has 1 heterocycles. The molecular formula is C13H9BrClN3. The lowest BCUT2D eigenvalue weighted by atomic mass is 10.2. The number of fused-ring (bicyclic) bond motifs is 1. The highest BCUT2D eigenvalue weighted by atomic mass is 79.9. The summed E-state index contributed by atoms with van der Waals surface area (Å²) < 4.78 is 2.82. The second kappa shape index (κ2) is 4.71.